The maximum Gasteiger partial charge on any atom is 0.319 e. The van der Waals surface area contributed by atoms with E-state index in [9.17, 15) is 8.78 Å². The van der Waals surface area contributed by atoms with Crippen LogP contribution in [0.15, 0.2) is 41.7 Å². The van der Waals surface area contributed by atoms with Crippen LogP contribution in [0, 0.1) is 6.92 Å². The van der Waals surface area contributed by atoms with Crippen molar-refractivity contribution in [1.29, 1.82) is 0 Å². The molecular formula is C16H21F2N5. The Morgan fingerprint density at radius 1 is 1.35 bits per heavy atom. The molecule has 0 atom stereocenters. The smallest absolute Gasteiger partial charge is 0.319 e. The summed E-state index contributed by atoms with van der Waals surface area (Å²) in [6.45, 7) is 0.298. The minimum atomic E-state index is -2.60. The number of benzene rings is 1. The third-order valence-electron chi connectivity index (χ3n) is 3.48. The first-order valence-electron chi connectivity index (χ1n) is 7.28. The molecule has 0 fully saturated rings. The number of nitrogens with one attached hydrogen (secondary N) is 1. The molecule has 0 amide bonds. The van der Waals surface area contributed by atoms with Gasteiger partial charge in [0.15, 0.2) is 5.96 Å². The fourth-order valence-electron chi connectivity index (χ4n) is 2.24. The summed E-state index contributed by atoms with van der Waals surface area (Å²) >= 11 is 0. The molecule has 0 saturated carbocycles. The average Bonchev–Trinajstić information content (AvgIpc) is 2.99. The summed E-state index contributed by atoms with van der Waals surface area (Å²) in [6.07, 6.45) is 2.63. The van der Waals surface area contributed by atoms with Gasteiger partial charge in [-0.3, -0.25) is 9.56 Å². The Morgan fingerprint density at radius 3 is 2.65 bits per heavy atom. The first-order valence-corrected chi connectivity index (χ1v) is 7.28. The second-order valence-corrected chi connectivity index (χ2v) is 5.27. The highest BCUT2D eigenvalue weighted by Gasteiger charge is 2.13. The lowest BCUT2D eigenvalue weighted by molar-refractivity contribution is 0.0668. The van der Waals surface area contributed by atoms with Gasteiger partial charge in [0.2, 0.25) is 0 Å². The molecule has 124 valence electrons. The zero-order valence-corrected chi connectivity index (χ0v) is 13.5. The third kappa shape index (κ3) is 4.51. The fraction of sp³-hybridized carbons (Fsp3) is 0.375. The number of rotatable bonds is 5. The van der Waals surface area contributed by atoms with E-state index < -0.39 is 6.55 Å². The zero-order valence-electron chi connectivity index (χ0n) is 13.5. The van der Waals surface area contributed by atoms with Gasteiger partial charge >= 0.3 is 6.55 Å². The number of hydrogen-bond acceptors (Lipinski definition) is 2. The van der Waals surface area contributed by atoms with E-state index in [1.807, 2.05) is 18.9 Å². The number of guanidine groups is 1. The molecular weight excluding hydrogens is 300 g/mol. The van der Waals surface area contributed by atoms with Crippen LogP contribution in [0.25, 0.3) is 0 Å². The molecule has 0 aliphatic rings. The predicted molar refractivity (Wildman–Crippen MR) is 86.3 cm³/mol. The van der Waals surface area contributed by atoms with Crippen LogP contribution in [0.3, 0.4) is 0 Å². The van der Waals surface area contributed by atoms with Crippen molar-refractivity contribution in [1.82, 2.24) is 19.8 Å². The standard InChI is InChI=1S/C16H21F2N5/c1-12-4-6-13(7-5-12)11-22(3)16(19-2)21-10-14-20-8-9-23(14)15(17)18/h4-9,15H,10-11H2,1-3H3,(H,19,21). The summed E-state index contributed by atoms with van der Waals surface area (Å²) in [6, 6.07) is 8.23. The first kappa shape index (κ1) is 16.9. The Kier molecular flexibility index (Phi) is 5.67. The first-order chi connectivity index (χ1) is 11.0. The third-order valence-corrected chi connectivity index (χ3v) is 3.48. The van der Waals surface area contributed by atoms with E-state index in [2.05, 4.69) is 39.6 Å². The molecule has 23 heavy (non-hydrogen) atoms. The van der Waals surface area contributed by atoms with Crippen molar-refractivity contribution < 1.29 is 8.78 Å². The second-order valence-electron chi connectivity index (χ2n) is 5.27. The van der Waals surface area contributed by atoms with Crippen LogP contribution < -0.4 is 5.32 Å². The molecule has 0 bridgehead atoms. The van der Waals surface area contributed by atoms with Gasteiger partial charge < -0.3 is 10.2 Å². The van der Waals surface area contributed by atoms with Crippen LogP contribution in [-0.4, -0.2) is 34.5 Å². The molecule has 0 radical (unpaired) electrons. The molecule has 5 nitrogen and oxygen atoms in total. The highest BCUT2D eigenvalue weighted by Crippen LogP contribution is 2.12. The summed E-state index contributed by atoms with van der Waals surface area (Å²) in [5, 5.41) is 3.06. The molecule has 1 aromatic carbocycles. The zero-order chi connectivity index (χ0) is 16.8. The summed E-state index contributed by atoms with van der Waals surface area (Å²) in [4.78, 5) is 10.1. The molecule has 7 heteroatoms. The Balaban J connectivity index is 1.96. The number of aliphatic imine (C=N–C) groups is 1. The van der Waals surface area contributed by atoms with Crippen molar-refractivity contribution in [3.63, 3.8) is 0 Å². The minimum absolute atomic E-state index is 0.183. The number of nitrogens with zero attached hydrogens (tertiary/aromatic N) is 4. The number of alkyl halides is 2. The number of aryl methyl sites for hydroxylation is 1. The van der Waals surface area contributed by atoms with Crippen LogP contribution in [0.4, 0.5) is 8.78 Å². The van der Waals surface area contributed by atoms with E-state index in [1.165, 1.54) is 18.0 Å². The van der Waals surface area contributed by atoms with Crippen molar-refractivity contribution >= 4 is 5.96 Å². The predicted octanol–water partition coefficient (Wildman–Crippen LogP) is 2.79. The van der Waals surface area contributed by atoms with E-state index in [1.54, 1.807) is 7.05 Å². The monoisotopic (exact) mass is 321 g/mol. The molecule has 0 spiro atoms. The number of aromatic nitrogens is 2. The van der Waals surface area contributed by atoms with Crippen LogP contribution in [0.2, 0.25) is 0 Å². The molecule has 0 aliphatic heterocycles. The largest absolute Gasteiger partial charge is 0.349 e. The minimum Gasteiger partial charge on any atom is -0.349 e. The number of hydrogen-bond donors (Lipinski definition) is 1. The highest BCUT2D eigenvalue weighted by molar-refractivity contribution is 5.79. The van der Waals surface area contributed by atoms with Gasteiger partial charge in [0.1, 0.15) is 5.82 Å². The van der Waals surface area contributed by atoms with Crippen molar-refractivity contribution in [2.75, 3.05) is 14.1 Å². The van der Waals surface area contributed by atoms with Crippen LogP contribution in [-0.2, 0) is 13.1 Å². The van der Waals surface area contributed by atoms with Crippen LogP contribution in [0.1, 0.15) is 23.5 Å². The number of halogens is 2. The summed E-state index contributed by atoms with van der Waals surface area (Å²) in [5.41, 5.74) is 2.35. The quantitative estimate of drug-likeness (QED) is 0.680. The maximum absolute atomic E-state index is 12.8. The maximum atomic E-state index is 12.8. The highest BCUT2D eigenvalue weighted by atomic mass is 19.3. The lowest BCUT2D eigenvalue weighted by atomic mass is 10.1. The summed E-state index contributed by atoms with van der Waals surface area (Å²) in [7, 11) is 3.56. The Labute approximate surface area is 134 Å². The van der Waals surface area contributed by atoms with Gasteiger partial charge in [-0.1, -0.05) is 29.8 Å². The summed E-state index contributed by atoms with van der Waals surface area (Å²) in [5.74, 6) is 0.888. The van der Waals surface area contributed by atoms with Gasteiger partial charge in [0.05, 0.1) is 6.54 Å². The van der Waals surface area contributed by atoms with Crippen molar-refractivity contribution in [3.05, 3.63) is 53.6 Å². The van der Waals surface area contributed by atoms with Gasteiger partial charge in [-0.05, 0) is 12.5 Å². The Hall–Kier alpha value is -2.44. The Bertz CT molecular complexity index is 649. The van der Waals surface area contributed by atoms with E-state index in [0.29, 0.717) is 12.5 Å². The van der Waals surface area contributed by atoms with E-state index in [-0.39, 0.29) is 12.4 Å². The molecule has 2 aromatic rings. The van der Waals surface area contributed by atoms with E-state index in [4.69, 9.17) is 0 Å². The summed E-state index contributed by atoms with van der Waals surface area (Å²) < 4.78 is 26.4. The van der Waals surface area contributed by atoms with Gasteiger partial charge in [0.25, 0.3) is 0 Å². The normalized spacial score (nSPS) is 11.8. The van der Waals surface area contributed by atoms with E-state index >= 15 is 0 Å². The molecule has 1 N–H and O–H groups in total. The van der Waals surface area contributed by atoms with Crippen molar-refractivity contribution in [2.24, 2.45) is 4.99 Å². The Morgan fingerprint density at radius 2 is 2.04 bits per heavy atom. The van der Waals surface area contributed by atoms with E-state index in [0.717, 1.165) is 10.1 Å². The van der Waals surface area contributed by atoms with Crippen LogP contribution in [0.5, 0.6) is 0 Å². The lowest BCUT2D eigenvalue weighted by Crippen LogP contribution is -2.38. The van der Waals surface area contributed by atoms with Crippen molar-refractivity contribution in [3.8, 4) is 0 Å². The molecule has 0 saturated heterocycles. The topological polar surface area (TPSA) is 45.5 Å². The molecule has 0 unspecified atom stereocenters. The number of imidazole rings is 1. The SMILES string of the molecule is CN=C(NCc1nccn1C(F)F)N(C)Cc1ccc(C)cc1. The van der Waals surface area contributed by atoms with Gasteiger partial charge in [-0.15, -0.1) is 0 Å². The van der Waals surface area contributed by atoms with Gasteiger partial charge in [-0.25, -0.2) is 4.98 Å². The second kappa shape index (κ2) is 7.71. The molecule has 1 aromatic heterocycles. The van der Waals surface area contributed by atoms with Gasteiger partial charge in [-0.2, -0.15) is 8.78 Å². The average molecular weight is 321 g/mol. The fourth-order valence-corrected chi connectivity index (χ4v) is 2.24. The lowest BCUT2D eigenvalue weighted by Gasteiger charge is -2.22. The molecule has 2 rings (SSSR count). The molecule has 1 heterocycles. The van der Waals surface area contributed by atoms with Crippen molar-refractivity contribution in [2.45, 2.75) is 26.6 Å². The van der Waals surface area contributed by atoms with Crippen LogP contribution >= 0.6 is 0 Å². The molecule has 0 aliphatic carbocycles. The van der Waals surface area contributed by atoms with Gasteiger partial charge in [0, 0.05) is 33.0 Å².